The average molecular weight is 242 g/mol. The van der Waals surface area contributed by atoms with Gasteiger partial charge < -0.3 is 14.9 Å². The van der Waals surface area contributed by atoms with Crippen LogP contribution in [0.1, 0.15) is 39.0 Å². The van der Waals surface area contributed by atoms with Gasteiger partial charge in [-0.3, -0.25) is 0 Å². The molecule has 0 spiro atoms. The Morgan fingerprint density at radius 3 is 2.35 bits per heavy atom. The first-order valence-corrected chi connectivity index (χ1v) is 7.28. The number of rotatable bonds is 8. The van der Waals surface area contributed by atoms with Gasteiger partial charge in [-0.05, 0) is 38.8 Å². The van der Waals surface area contributed by atoms with Crippen LogP contribution in [-0.2, 0) is 0 Å². The van der Waals surface area contributed by atoms with Crippen molar-refractivity contribution in [2.75, 3.05) is 46.4 Å². The molecule has 1 aliphatic heterocycles. The van der Waals surface area contributed by atoms with Gasteiger partial charge in [0, 0.05) is 32.8 Å². The molecule has 0 bridgehead atoms. The monoisotopic (exact) mass is 242 g/mol. The first-order valence-electron chi connectivity index (χ1n) is 7.28. The lowest BCUT2D eigenvalue weighted by Crippen LogP contribution is -2.44. The summed E-state index contributed by atoms with van der Waals surface area (Å²) in [6.07, 6.45) is 6.12. The van der Waals surface area contributed by atoms with E-state index in [4.69, 9.17) is 5.11 Å². The molecule has 0 aliphatic carbocycles. The molecule has 1 atom stereocenters. The van der Waals surface area contributed by atoms with Crippen LogP contribution in [0.5, 0.6) is 0 Å². The molecule has 102 valence electrons. The molecule has 0 unspecified atom stereocenters. The van der Waals surface area contributed by atoms with Crippen molar-refractivity contribution in [3.05, 3.63) is 0 Å². The molecule has 1 fully saturated rings. The van der Waals surface area contributed by atoms with E-state index in [0.717, 1.165) is 12.3 Å². The van der Waals surface area contributed by atoms with Gasteiger partial charge in [-0.1, -0.05) is 19.8 Å². The topological polar surface area (TPSA) is 26.7 Å². The molecule has 1 aliphatic rings. The predicted octanol–water partition coefficient (Wildman–Crippen LogP) is 1.81. The minimum Gasteiger partial charge on any atom is -0.396 e. The van der Waals surface area contributed by atoms with Crippen LogP contribution in [0.25, 0.3) is 0 Å². The summed E-state index contributed by atoms with van der Waals surface area (Å²) in [7, 11) is 2.20. The van der Waals surface area contributed by atoms with Crippen molar-refractivity contribution >= 4 is 0 Å². The molecule has 0 aromatic rings. The van der Waals surface area contributed by atoms with Crippen molar-refractivity contribution in [2.45, 2.75) is 39.0 Å². The van der Waals surface area contributed by atoms with E-state index in [-0.39, 0.29) is 0 Å². The zero-order valence-corrected chi connectivity index (χ0v) is 11.7. The molecule has 0 radical (unpaired) electrons. The molecular formula is C14H30N2O. The van der Waals surface area contributed by atoms with Crippen LogP contribution in [0.2, 0.25) is 0 Å². The Morgan fingerprint density at radius 1 is 1.06 bits per heavy atom. The van der Waals surface area contributed by atoms with E-state index in [2.05, 4.69) is 23.8 Å². The number of aliphatic hydroxyl groups excluding tert-OH is 1. The maximum atomic E-state index is 9.02. The summed E-state index contributed by atoms with van der Waals surface area (Å²) in [6, 6.07) is 0. The molecule has 17 heavy (non-hydrogen) atoms. The number of hydrogen-bond donors (Lipinski definition) is 1. The van der Waals surface area contributed by atoms with E-state index >= 15 is 0 Å². The fraction of sp³-hybridized carbons (Fsp3) is 1.00. The standard InChI is InChI=1S/C14H30N2O/c1-3-5-14(7-13-17)6-4-8-16-11-9-15(2)10-12-16/h14,17H,3-13H2,1-2H3/t14-/m1/s1. The Hall–Kier alpha value is -0.120. The summed E-state index contributed by atoms with van der Waals surface area (Å²) in [5, 5.41) is 9.02. The predicted molar refractivity (Wildman–Crippen MR) is 73.3 cm³/mol. The van der Waals surface area contributed by atoms with Crippen molar-refractivity contribution in [2.24, 2.45) is 5.92 Å². The summed E-state index contributed by atoms with van der Waals surface area (Å²) in [4.78, 5) is 4.99. The lowest BCUT2D eigenvalue weighted by Gasteiger charge is -2.32. The van der Waals surface area contributed by atoms with Gasteiger partial charge in [-0.15, -0.1) is 0 Å². The largest absolute Gasteiger partial charge is 0.396 e. The summed E-state index contributed by atoms with van der Waals surface area (Å²) in [6.45, 7) is 8.75. The van der Waals surface area contributed by atoms with Crippen LogP contribution >= 0.6 is 0 Å². The van der Waals surface area contributed by atoms with Crippen molar-refractivity contribution in [3.63, 3.8) is 0 Å². The Labute approximate surface area is 107 Å². The smallest absolute Gasteiger partial charge is 0.0433 e. The van der Waals surface area contributed by atoms with Gasteiger partial charge in [0.15, 0.2) is 0 Å². The SMILES string of the molecule is CCC[C@@H](CCO)CCCN1CCN(C)CC1. The molecule has 0 saturated carbocycles. The lowest BCUT2D eigenvalue weighted by atomic mass is 9.95. The number of aliphatic hydroxyl groups is 1. The molecule has 1 heterocycles. The highest BCUT2D eigenvalue weighted by molar-refractivity contribution is 4.69. The third-order valence-electron chi connectivity index (χ3n) is 3.92. The van der Waals surface area contributed by atoms with Gasteiger partial charge in [0.25, 0.3) is 0 Å². The molecule has 0 amide bonds. The summed E-state index contributed by atoms with van der Waals surface area (Å²) < 4.78 is 0. The van der Waals surface area contributed by atoms with Gasteiger partial charge >= 0.3 is 0 Å². The van der Waals surface area contributed by atoms with Crippen molar-refractivity contribution in [1.29, 1.82) is 0 Å². The van der Waals surface area contributed by atoms with E-state index in [1.807, 2.05) is 0 Å². The van der Waals surface area contributed by atoms with E-state index in [9.17, 15) is 0 Å². The fourth-order valence-corrected chi connectivity index (χ4v) is 2.70. The van der Waals surface area contributed by atoms with Gasteiger partial charge in [-0.25, -0.2) is 0 Å². The highest BCUT2D eigenvalue weighted by atomic mass is 16.3. The molecule has 1 N–H and O–H groups in total. The van der Waals surface area contributed by atoms with Crippen LogP contribution in [0, 0.1) is 5.92 Å². The Balaban J connectivity index is 2.08. The summed E-state index contributed by atoms with van der Waals surface area (Å²) in [5.41, 5.74) is 0. The maximum Gasteiger partial charge on any atom is 0.0433 e. The lowest BCUT2D eigenvalue weighted by molar-refractivity contribution is 0.148. The van der Waals surface area contributed by atoms with Crippen LogP contribution < -0.4 is 0 Å². The van der Waals surface area contributed by atoms with E-state index < -0.39 is 0 Å². The quantitative estimate of drug-likeness (QED) is 0.703. The number of piperazine rings is 1. The molecule has 1 rings (SSSR count). The number of likely N-dealkylation sites (N-methyl/N-ethyl adjacent to an activating group) is 1. The highest BCUT2D eigenvalue weighted by Crippen LogP contribution is 2.17. The van der Waals surface area contributed by atoms with Gasteiger partial charge in [0.2, 0.25) is 0 Å². The average Bonchev–Trinajstić information content (AvgIpc) is 2.32. The zero-order valence-electron chi connectivity index (χ0n) is 11.7. The number of nitrogens with zero attached hydrogens (tertiary/aromatic N) is 2. The molecule has 0 aromatic carbocycles. The first kappa shape index (κ1) is 14.9. The second kappa shape index (κ2) is 8.90. The van der Waals surface area contributed by atoms with E-state index in [0.29, 0.717) is 6.61 Å². The minimum absolute atomic E-state index is 0.360. The molecule has 0 aromatic heterocycles. The second-order valence-electron chi connectivity index (χ2n) is 5.45. The van der Waals surface area contributed by atoms with E-state index in [1.54, 1.807) is 0 Å². The van der Waals surface area contributed by atoms with Crippen LogP contribution in [0.4, 0.5) is 0 Å². The highest BCUT2D eigenvalue weighted by Gasteiger charge is 2.14. The molecule has 3 nitrogen and oxygen atoms in total. The zero-order chi connectivity index (χ0) is 12.5. The molecule has 3 heteroatoms. The maximum absolute atomic E-state index is 9.02. The number of hydrogen-bond acceptors (Lipinski definition) is 3. The van der Waals surface area contributed by atoms with Crippen LogP contribution in [0.3, 0.4) is 0 Å². The molecule has 1 saturated heterocycles. The second-order valence-corrected chi connectivity index (χ2v) is 5.45. The third kappa shape index (κ3) is 6.39. The normalized spacial score (nSPS) is 20.6. The van der Waals surface area contributed by atoms with Crippen molar-refractivity contribution in [1.82, 2.24) is 9.80 Å². The van der Waals surface area contributed by atoms with Gasteiger partial charge in [0.1, 0.15) is 0 Å². The van der Waals surface area contributed by atoms with Gasteiger partial charge in [0.05, 0.1) is 0 Å². The van der Waals surface area contributed by atoms with Crippen molar-refractivity contribution in [3.8, 4) is 0 Å². The van der Waals surface area contributed by atoms with Crippen molar-refractivity contribution < 1.29 is 5.11 Å². The Morgan fingerprint density at radius 2 is 1.76 bits per heavy atom. The Bertz CT molecular complexity index is 173. The third-order valence-corrected chi connectivity index (χ3v) is 3.92. The first-order chi connectivity index (χ1) is 8.26. The van der Waals surface area contributed by atoms with Gasteiger partial charge in [-0.2, -0.15) is 0 Å². The van der Waals surface area contributed by atoms with Crippen LogP contribution in [-0.4, -0.2) is 61.3 Å². The summed E-state index contributed by atoms with van der Waals surface area (Å²) in [5.74, 6) is 0.748. The molecular weight excluding hydrogens is 212 g/mol. The minimum atomic E-state index is 0.360. The van der Waals surface area contributed by atoms with Crippen LogP contribution in [0.15, 0.2) is 0 Å². The van der Waals surface area contributed by atoms with E-state index in [1.165, 1.54) is 58.4 Å². The summed E-state index contributed by atoms with van der Waals surface area (Å²) >= 11 is 0. The fourth-order valence-electron chi connectivity index (χ4n) is 2.70. The Kier molecular flexibility index (Phi) is 7.82.